The molecule has 0 atom stereocenters. The molecule has 0 fully saturated rings. The number of hydrogen-bond acceptors (Lipinski definition) is 5. The Morgan fingerprint density at radius 2 is 1.14 bits per heavy atom. The summed E-state index contributed by atoms with van der Waals surface area (Å²) in [6, 6.07) is 0. The summed E-state index contributed by atoms with van der Waals surface area (Å²) in [4.78, 5) is 0. The summed E-state index contributed by atoms with van der Waals surface area (Å²) in [5, 5.41) is 5.02. The van der Waals surface area contributed by atoms with Crippen molar-refractivity contribution >= 4 is 19.9 Å². The predicted molar refractivity (Wildman–Crippen MR) is 118 cm³/mol. The molecule has 0 spiro atoms. The second-order valence-electron chi connectivity index (χ2n) is 9.75. The van der Waals surface area contributed by atoms with Crippen molar-refractivity contribution < 1.29 is 21.6 Å². The van der Waals surface area contributed by atoms with Crippen LogP contribution in [0.3, 0.4) is 0 Å². The van der Waals surface area contributed by atoms with Crippen LogP contribution in [0.15, 0.2) is 0 Å². The van der Waals surface area contributed by atoms with Crippen molar-refractivity contribution in [2.45, 2.75) is 85.5 Å². The Morgan fingerprint density at radius 3 is 1.57 bits per heavy atom. The van der Waals surface area contributed by atoms with Crippen LogP contribution in [0.2, 0.25) is 0 Å². The minimum atomic E-state index is -3.34. The van der Waals surface area contributed by atoms with Crippen molar-refractivity contribution in [1.82, 2.24) is 0 Å². The molecular weight excluding hydrogens is 398 g/mol. The van der Waals surface area contributed by atoms with E-state index < -0.39 is 19.9 Å². The molecule has 6 nitrogen and oxygen atoms in total. The Balaban J connectivity index is 3.67. The van der Waals surface area contributed by atoms with Crippen LogP contribution in [0.4, 0.5) is 0 Å². The first-order valence-electron chi connectivity index (χ1n) is 10.4. The van der Waals surface area contributed by atoms with E-state index in [0.29, 0.717) is 6.42 Å². The fourth-order valence-electron chi connectivity index (χ4n) is 3.53. The largest absolute Gasteiger partial charge is 0.381 e. The number of sulfonamides is 1. The van der Waals surface area contributed by atoms with E-state index in [2.05, 4.69) is 13.8 Å². The molecule has 8 heteroatoms. The van der Waals surface area contributed by atoms with Gasteiger partial charge in [0.05, 0.1) is 11.5 Å². The van der Waals surface area contributed by atoms with Gasteiger partial charge >= 0.3 is 0 Å². The predicted octanol–water partition coefficient (Wildman–Crippen LogP) is 3.90. The topological polar surface area (TPSA) is 104 Å². The molecule has 0 aromatic heterocycles. The number of primary sulfonamides is 1. The third-order valence-electron chi connectivity index (χ3n) is 4.97. The van der Waals surface area contributed by atoms with Gasteiger partial charge in [0.1, 0.15) is 9.84 Å². The maximum atomic E-state index is 11.4. The lowest BCUT2D eigenvalue weighted by molar-refractivity contribution is 0.120. The lowest BCUT2D eigenvalue weighted by Crippen LogP contribution is -2.23. The van der Waals surface area contributed by atoms with Gasteiger partial charge in [-0.05, 0) is 49.4 Å². The SMILES string of the molecule is CC(C)(CCCCOCCCCC(C)(C)CS(C)(=O)=O)CCCCS(N)(=O)=O. The highest BCUT2D eigenvalue weighted by molar-refractivity contribution is 7.90. The third kappa shape index (κ3) is 19.2. The molecule has 0 bridgehead atoms. The number of hydrogen-bond donors (Lipinski definition) is 1. The van der Waals surface area contributed by atoms with Crippen LogP contribution in [0.1, 0.15) is 85.5 Å². The lowest BCUT2D eigenvalue weighted by Gasteiger charge is -2.24. The average Bonchev–Trinajstić information content (AvgIpc) is 2.46. The molecular formula is C20H43NO5S2. The zero-order valence-electron chi connectivity index (χ0n) is 18.6. The fourth-order valence-corrected chi connectivity index (χ4v) is 5.70. The van der Waals surface area contributed by atoms with E-state index >= 15 is 0 Å². The van der Waals surface area contributed by atoms with Crippen molar-refractivity contribution in [3.63, 3.8) is 0 Å². The van der Waals surface area contributed by atoms with Crippen LogP contribution in [-0.4, -0.2) is 47.8 Å². The highest BCUT2D eigenvalue weighted by Gasteiger charge is 2.22. The minimum Gasteiger partial charge on any atom is -0.381 e. The van der Waals surface area contributed by atoms with E-state index in [4.69, 9.17) is 9.88 Å². The molecule has 0 radical (unpaired) electrons. The average molecular weight is 442 g/mol. The summed E-state index contributed by atoms with van der Waals surface area (Å²) in [7, 11) is -6.27. The van der Waals surface area contributed by atoms with Crippen molar-refractivity contribution in [1.29, 1.82) is 0 Å². The van der Waals surface area contributed by atoms with Gasteiger partial charge < -0.3 is 4.74 Å². The summed E-state index contributed by atoms with van der Waals surface area (Å²) in [5.41, 5.74) is 0.0388. The molecule has 0 saturated heterocycles. The standard InChI is InChI=1S/C20H43NO5S2/c1-19(2,13-8-11-17-28(21,24)25)12-6-9-15-26-16-10-7-14-20(3,4)18-27(5,22)23/h6-18H2,1-5H3,(H2,21,24,25). The normalized spacial score (nSPS) is 13.8. The van der Waals surface area contributed by atoms with E-state index in [1.807, 2.05) is 13.8 Å². The monoisotopic (exact) mass is 441 g/mol. The van der Waals surface area contributed by atoms with E-state index in [-0.39, 0.29) is 22.3 Å². The molecule has 0 aliphatic rings. The Morgan fingerprint density at radius 1 is 0.714 bits per heavy atom. The molecule has 0 aliphatic carbocycles. The van der Waals surface area contributed by atoms with E-state index in [1.165, 1.54) is 6.26 Å². The Bertz CT molecular complexity index is 625. The Hall–Kier alpha value is -0.180. The molecule has 0 unspecified atom stereocenters. The van der Waals surface area contributed by atoms with E-state index in [9.17, 15) is 16.8 Å². The lowest BCUT2D eigenvalue weighted by atomic mass is 9.82. The first-order valence-corrected chi connectivity index (χ1v) is 14.2. The number of rotatable bonds is 17. The zero-order valence-corrected chi connectivity index (χ0v) is 20.3. The van der Waals surface area contributed by atoms with Gasteiger partial charge in [0.2, 0.25) is 10.0 Å². The zero-order chi connectivity index (χ0) is 21.9. The van der Waals surface area contributed by atoms with Gasteiger partial charge in [0.15, 0.2) is 0 Å². The molecule has 0 rings (SSSR count). The molecule has 0 aromatic carbocycles. The number of ether oxygens (including phenoxy) is 1. The summed E-state index contributed by atoms with van der Waals surface area (Å²) >= 11 is 0. The van der Waals surface area contributed by atoms with Crippen molar-refractivity contribution in [2.75, 3.05) is 31.0 Å². The van der Waals surface area contributed by atoms with Gasteiger partial charge in [-0.25, -0.2) is 22.0 Å². The highest BCUT2D eigenvalue weighted by atomic mass is 32.2. The molecule has 0 amide bonds. The van der Waals surface area contributed by atoms with Crippen LogP contribution in [0, 0.1) is 10.8 Å². The van der Waals surface area contributed by atoms with Gasteiger partial charge in [-0.1, -0.05) is 47.0 Å². The van der Waals surface area contributed by atoms with Gasteiger partial charge in [0.25, 0.3) is 0 Å². The quantitative estimate of drug-likeness (QED) is 0.345. The first-order chi connectivity index (χ1) is 12.6. The van der Waals surface area contributed by atoms with Crippen LogP contribution in [0.5, 0.6) is 0 Å². The molecule has 2 N–H and O–H groups in total. The maximum absolute atomic E-state index is 11.4. The van der Waals surface area contributed by atoms with E-state index in [0.717, 1.165) is 64.6 Å². The molecule has 28 heavy (non-hydrogen) atoms. The van der Waals surface area contributed by atoms with Gasteiger partial charge in [-0.2, -0.15) is 0 Å². The summed E-state index contributed by atoms with van der Waals surface area (Å²) in [5.74, 6) is 0.307. The molecule has 0 aromatic rings. The molecule has 0 heterocycles. The molecule has 170 valence electrons. The van der Waals surface area contributed by atoms with Crippen LogP contribution in [-0.2, 0) is 24.6 Å². The van der Waals surface area contributed by atoms with Crippen molar-refractivity contribution in [3.05, 3.63) is 0 Å². The third-order valence-corrected chi connectivity index (χ3v) is 7.13. The number of sulfone groups is 1. The fraction of sp³-hybridized carbons (Fsp3) is 1.00. The summed E-state index contributed by atoms with van der Waals surface area (Å²) in [6.45, 7) is 9.95. The molecule has 0 saturated carbocycles. The van der Waals surface area contributed by atoms with E-state index in [1.54, 1.807) is 0 Å². The first kappa shape index (κ1) is 27.8. The van der Waals surface area contributed by atoms with Crippen molar-refractivity contribution in [2.24, 2.45) is 16.0 Å². The number of unbranched alkanes of at least 4 members (excludes halogenated alkanes) is 3. The van der Waals surface area contributed by atoms with Crippen molar-refractivity contribution in [3.8, 4) is 0 Å². The summed E-state index contributed by atoms with van der Waals surface area (Å²) in [6.07, 6.45) is 9.88. The Kier molecular flexibility index (Phi) is 12.4. The van der Waals surface area contributed by atoms with Crippen LogP contribution < -0.4 is 5.14 Å². The molecule has 0 aliphatic heterocycles. The van der Waals surface area contributed by atoms with Crippen LogP contribution in [0.25, 0.3) is 0 Å². The smallest absolute Gasteiger partial charge is 0.209 e. The second kappa shape index (κ2) is 12.5. The van der Waals surface area contributed by atoms with Gasteiger partial charge in [0, 0.05) is 19.5 Å². The van der Waals surface area contributed by atoms with Crippen LogP contribution >= 0.6 is 0 Å². The van der Waals surface area contributed by atoms with Gasteiger partial charge in [-0.3, -0.25) is 0 Å². The summed E-state index contributed by atoms with van der Waals surface area (Å²) < 4.78 is 50.4. The Labute approximate surface area is 174 Å². The van der Waals surface area contributed by atoms with Gasteiger partial charge in [-0.15, -0.1) is 0 Å². The number of nitrogens with two attached hydrogens (primary N) is 1. The minimum absolute atomic E-state index is 0.0718. The highest BCUT2D eigenvalue weighted by Crippen LogP contribution is 2.29. The second-order valence-corrected chi connectivity index (χ2v) is 13.6. The maximum Gasteiger partial charge on any atom is 0.209 e.